The minimum Gasteiger partial charge on any atom is -0.384 e. The lowest BCUT2D eigenvalue weighted by Crippen LogP contribution is -2.19. The lowest BCUT2D eigenvalue weighted by atomic mass is 9.90. The summed E-state index contributed by atoms with van der Waals surface area (Å²) in [7, 11) is -3.59. The van der Waals surface area contributed by atoms with E-state index in [1.165, 1.54) is 19.2 Å². The number of amides is 1. The minimum absolute atomic E-state index is 0.0357. The molecular weight excluding hydrogens is 415 g/mol. The van der Waals surface area contributed by atoms with Crippen molar-refractivity contribution in [2.24, 2.45) is 9.50 Å². The second-order valence-corrected chi connectivity index (χ2v) is 10.8. The summed E-state index contributed by atoms with van der Waals surface area (Å²) in [6, 6.07) is 0. The first-order valence-electron chi connectivity index (χ1n) is 9.17. The molecule has 0 bridgehead atoms. The van der Waals surface area contributed by atoms with Gasteiger partial charge in [0.25, 0.3) is 5.91 Å². The maximum atomic E-state index is 14.4. The third-order valence-corrected chi connectivity index (χ3v) is 6.96. The molecule has 0 saturated carbocycles. The Morgan fingerprint density at radius 1 is 1.34 bits per heavy atom. The number of hydrogen-bond acceptors (Lipinski definition) is 6. The molecule has 0 fully saturated rings. The number of aliphatic hydroxyl groups is 1. The summed E-state index contributed by atoms with van der Waals surface area (Å²) in [6.07, 6.45) is 0.902. The average molecular weight is 443 g/mol. The van der Waals surface area contributed by atoms with Gasteiger partial charge in [0.15, 0.2) is 9.92 Å². The van der Waals surface area contributed by atoms with Gasteiger partial charge in [0.2, 0.25) is 4.34 Å². The van der Waals surface area contributed by atoms with Crippen LogP contribution in [0.1, 0.15) is 75.9 Å². The van der Waals surface area contributed by atoms with Crippen molar-refractivity contribution in [2.75, 3.05) is 0 Å². The maximum Gasteiger partial charge on any atom is 0.259 e. The third kappa shape index (κ3) is 5.44. The number of carbonyl (C=O) groups is 1. The molecule has 7 nitrogen and oxygen atoms in total. The van der Waals surface area contributed by atoms with Crippen LogP contribution in [0.5, 0.6) is 0 Å². The summed E-state index contributed by atoms with van der Waals surface area (Å²) < 4.78 is 30.8. The number of carbonyl (C=O) groups excluding carboxylic acids is 1. The van der Waals surface area contributed by atoms with Crippen molar-refractivity contribution < 1.29 is 18.5 Å². The standard InChI is InChI=1S/C19H27FN4O3S2/c1-10(2)16-12(17(11(3)4)22-8-13(16)20)7-15(25)24-29(21,27)18-23-14(9-28-18)19(5,6)26/h8-11,26H,7H2,1-6H3,(H2,21,24,25,27)/t29-/m0/s1. The monoisotopic (exact) mass is 442 g/mol. The van der Waals surface area contributed by atoms with E-state index in [0.717, 1.165) is 17.5 Å². The lowest BCUT2D eigenvalue weighted by molar-refractivity contribution is -0.117. The normalized spacial score (nSPS) is 14.3. The molecule has 1 atom stereocenters. The maximum absolute atomic E-state index is 14.4. The number of pyridine rings is 1. The Balaban J connectivity index is 2.46. The highest BCUT2D eigenvalue weighted by molar-refractivity contribution is 7.93. The second kappa shape index (κ2) is 8.55. The highest BCUT2D eigenvalue weighted by atomic mass is 32.2. The summed E-state index contributed by atoms with van der Waals surface area (Å²) in [5.74, 6) is -1.44. The van der Waals surface area contributed by atoms with Crippen molar-refractivity contribution in [2.45, 2.75) is 69.7 Å². The number of nitrogens with zero attached hydrogens (tertiary/aromatic N) is 3. The first-order chi connectivity index (χ1) is 13.2. The van der Waals surface area contributed by atoms with E-state index in [4.69, 9.17) is 5.14 Å². The summed E-state index contributed by atoms with van der Waals surface area (Å²) in [6.45, 7) is 10.5. The molecule has 0 aliphatic carbocycles. The fourth-order valence-electron chi connectivity index (χ4n) is 2.91. The van der Waals surface area contributed by atoms with Crippen molar-refractivity contribution in [1.29, 1.82) is 0 Å². The molecule has 0 saturated heterocycles. The van der Waals surface area contributed by atoms with Crippen LogP contribution in [0.25, 0.3) is 0 Å². The van der Waals surface area contributed by atoms with Gasteiger partial charge in [0, 0.05) is 11.1 Å². The number of aromatic nitrogens is 2. The van der Waals surface area contributed by atoms with Gasteiger partial charge in [-0.3, -0.25) is 9.78 Å². The lowest BCUT2D eigenvalue weighted by Gasteiger charge is -2.18. The quantitative estimate of drug-likeness (QED) is 0.708. The molecule has 1 amide bonds. The van der Waals surface area contributed by atoms with Crippen LogP contribution >= 0.6 is 11.3 Å². The van der Waals surface area contributed by atoms with Crippen molar-refractivity contribution in [3.8, 4) is 0 Å². The number of halogens is 1. The molecule has 2 rings (SSSR count). The molecule has 2 aromatic rings. The SMILES string of the molecule is CC(C)c1ncc(F)c(C(C)C)c1CC(=O)N=[S@](N)(=O)c1nc(C(C)(C)O)cs1. The van der Waals surface area contributed by atoms with Crippen molar-refractivity contribution in [3.63, 3.8) is 0 Å². The largest absolute Gasteiger partial charge is 0.384 e. The van der Waals surface area contributed by atoms with Crippen LogP contribution < -0.4 is 5.14 Å². The van der Waals surface area contributed by atoms with E-state index in [-0.39, 0.29) is 28.3 Å². The van der Waals surface area contributed by atoms with E-state index in [1.807, 2.05) is 27.7 Å². The van der Waals surface area contributed by atoms with Crippen LogP contribution in [-0.2, 0) is 26.7 Å². The summed E-state index contributed by atoms with van der Waals surface area (Å²) in [5.41, 5.74) is 0.502. The fraction of sp³-hybridized carbons (Fsp3) is 0.526. The van der Waals surface area contributed by atoms with Crippen LogP contribution in [0, 0.1) is 5.82 Å². The first kappa shape index (κ1) is 23.5. The van der Waals surface area contributed by atoms with Crippen LogP contribution in [0.3, 0.4) is 0 Å². The van der Waals surface area contributed by atoms with Crippen LogP contribution in [-0.4, -0.2) is 25.2 Å². The molecule has 2 heterocycles. The number of thiazole rings is 1. The average Bonchev–Trinajstić information content (AvgIpc) is 3.04. The highest BCUT2D eigenvalue weighted by Gasteiger charge is 2.25. The minimum atomic E-state index is -3.59. The van der Waals surface area contributed by atoms with Crippen molar-refractivity contribution in [3.05, 3.63) is 39.9 Å². The van der Waals surface area contributed by atoms with Crippen molar-refractivity contribution in [1.82, 2.24) is 9.97 Å². The zero-order chi connectivity index (χ0) is 22.1. The Bertz CT molecular complexity index is 1030. The van der Waals surface area contributed by atoms with E-state index in [1.54, 1.807) is 0 Å². The van der Waals surface area contributed by atoms with Crippen molar-refractivity contribution >= 4 is 27.2 Å². The Kier molecular flexibility index (Phi) is 6.93. The van der Waals surface area contributed by atoms with Gasteiger partial charge in [-0.15, -0.1) is 15.7 Å². The molecule has 0 radical (unpaired) electrons. The molecule has 3 N–H and O–H groups in total. The van der Waals surface area contributed by atoms with Gasteiger partial charge >= 0.3 is 0 Å². The van der Waals surface area contributed by atoms with E-state index >= 15 is 0 Å². The molecular formula is C19H27FN4O3S2. The summed E-state index contributed by atoms with van der Waals surface area (Å²) >= 11 is 0.960. The van der Waals surface area contributed by atoms with Gasteiger partial charge in [0.1, 0.15) is 11.4 Å². The van der Waals surface area contributed by atoms with Crippen LogP contribution in [0.15, 0.2) is 20.3 Å². The molecule has 0 aliphatic heterocycles. The van der Waals surface area contributed by atoms with Crippen LogP contribution in [0.4, 0.5) is 4.39 Å². The van der Waals surface area contributed by atoms with Gasteiger partial charge < -0.3 is 5.11 Å². The van der Waals surface area contributed by atoms with E-state index in [2.05, 4.69) is 14.3 Å². The predicted molar refractivity (Wildman–Crippen MR) is 111 cm³/mol. The zero-order valence-corrected chi connectivity index (χ0v) is 19.0. The third-order valence-electron chi connectivity index (χ3n) is 4.26. The number of hydrogen-bond donors (Lipinski definition) is 2. The zero-order valence-electron chi connectivity index (χ0n) is 17.4. The molecule has 2 aromatic heterocycles. The van der Waals surface area contributed by atoms with E-state index in [0.29, 0.717) is 16.8 Å². The van der Waals surface area contributed by atoms with Gasteiger partial charge in [0.05, 0.1) is 18.3 Å². The Morgan fingerprint density at radius 3 is 2.45 bits per heavy atom. The highest BCUT2D eigenvalue weighted by Crippen LogP contribution is 2.29. The summed E-state index contributed by atoms with van der Waals surface area (Å²) in [4.78, 5) is 20.8. The first-order valence-corrected chi connectivity index (χ1v) is 11.6. The second-order valence-electron chi connectivity index (χ2n) is 7.98. The number of nitrogens with two attached hydrogens (primary N) is 1. The molecule has 29 heavy (non-hydrogen) atoms. The fourth-order valence-corrected chi connectivity index (χ4v) is 5.10. The van der Waals surface area contributed by atoms with Gasteiger partial charge in [-0.05, 0) is 36.8 Å². The topological polar surface area (TPSA) is 119 Å². The molecule has 10 heteroatoms. The molecule has 0 aromatic carbocycles. The van der Waals surface area contributed by atoms with E-state index in [9.17, 15) is 18.5 Å². The Hall–Kier alpha value is -1.75. The molecule has 0 spiro atoms. The predicted octanol–water partition coefficient (Wildman–Crippen LogP) is 3.62. The Morgan fingerprint density at radius 2 is 1.97 bits per heavy atom. The smallest absolute Gasteiger partial charge is 0.259 e. The van der Waals surface area contributed by atoms with Gasteiger partial charge in [-0.2, -0.15) is 0 Å². The van der Waals surface area contributed by atoms with Crippen LogP contribution in [0.2, 0.25) is 0 Å². The molecule has 160 valence electrons. The molecule has 0 aliphatic rings. The van der Waals surface area contributed by atoms with E-state index < -0.39 is 27.2 Å². The summed E-state index contributed by atoms with van der Waals surface area (Å²) in [5, 5.41) is 17.3. The number of rotatable bonds is 6. The molecule has 0 unspecified atom stereocenters. The van der Waals surface area contributed by atoms with Gasteiger partial charge in [-0.25, -0.2) is 18.7 Å². The van der Waals surface area contributed by atoms with Gasteiger partial charge in [-0.1, -0.05) is 27.7 Å². The Labute approximate surface area is 174 Å².